The quantitative estimate of drug-likeness (QED) is 0.632. The zero-order valence-corrected chi connectivity index (χ0v) is 14.8. The Morgan fingerprint density at radius 2 is 1.77 bits per heavy atom. The van der Waals surface area contributed by atoms with Gasteiger partial charge in [0, 0.05) is 17.8 Å². The number of rotatable bonds is 7. The highest BCUT2D eigenvalue weighted by Crippen LogP contribution is 2.20. The Kier molecular flexibility index (Phi) is 5.48. The molecule has 0 radical (unpaired) electrons. The molecule has 7 heteroatoms. The predicted molar refractivity (Wildman–Crippen MR) is 101 cm³/mol. The minimum Gasteiger partial charge on any atom is -0.497 e. The summed E-state index contributed by atoms with van der Waals surface area (Å²) >= 11 is 0. The summed E-state index contributed by atoms with van der Waals surface area (Å²) in [6.45, 7) is 0.676. The minimum absolute atomic E-state index is 0.254. The van der Waals surface area contributed by atoms with Crippen molar-refractivity contribution in [1.29, 1.82) is 0 Å². The van der Waals surface area contributed by atoms with Gasteiger partial charge in [0.05, 0.1) is 14.2 Å². The number of nitrogens with zero attached hydrogens (tertiary/aromatic N) is 3. The fourth-order valence-electron chi connectivity index (χ4n) is 2.44. The molecule has 0 aliphatic heterocycles. The number of nitrogens with two attached hydrogens (primary N) is 1. The molecule has 1 heterocycles. The van der Waals surface area contributed by atoms with Gasteiger partial charge in [0.1, 0.15) is 5.75 Å². The summed E-state index contributed by atoms with van der Waals surface area (Å²) in [5.74, 6) is 1.81. The van der Waals surface area contributed by atoms with E-state index in [4.69, 9.17) is 15.2 Å². The molecule has 0 fully saturated rings. The van der Waals surface area contributed by atoms with Gasteiger partial charge in [-0.15, -0.1) is 0 Å². The molecule has 3 N–H and O–H groups in total. The maximum absolute atomic E-state index is 5.84. The molecule has 0 aliphatic carbocycles. The van der Waals surface area contributed by atoms with Crippen molar-refractivity contribution in [3.8, 4) is 23.1 Å². The number of hydrogen-bond acceptors (Lipinski definition) is 7. The lowest BCUT2D eigenvalue weighted by atomic mass is 10.1. The first-order valence-corrected chi connectivity index (χ1v) is 8.20. The summed E-state index contributed by atoms with van der Waals surface area (Å²) in [7, 11) is 3.18. The molecule has 2 aromatic carbocycles. The Labute approximate surface area is 152 Å². The maximum atomic E-state index is 5.84. The molecular formula is C19H21N5O2. The van der Waals surface area contributed by atoms with E-state index in [1.807, 2.05) is 48.5 Å². The Balaban J connectivity index is 1.71. The molecule has 7 nitrogen and oxygen atoms in total. The number of nitrogens with one attached hydrogen (secondary N) is 1. The predicted octanol–water partition coefficient (Wildman–Crippen LogP) is 2.79. The largest absolute Gasteiger partial charge is 0.497 e. The molecule has 0 saturated carbocycles. The standard InChI is InChI=1S/C19H21N5O2/c1-25-16-8-6-13(7-9-16)10-11-21-18-22-17(23-19(24-18)26-2)14-4-3-5-15(20)12-14/h3-9,12H,10-11,20H2,1-2H3,(H,21,22,23,24). The third-order valence-corrected chi connectivity index (χ3v) is 3.80. The van der Waals surface area contributed by atoms with Gasteiger partial charge in [-0.2, -0.15) is 15.0 Å². The van der Waals surface area contributed by atoms with Crippen LogP contribution in [0.15, 0.2) is 48.5 Å². The maximum Gasteiger partial charge on any atom is 0.321 e. The van der Waals surface area contributed by atoms with E-state index in [9.17, 15) is 0 Å². The van der Waals surface area contributed by atoms with Crippen molar-refractivity contribution in [3.63, 3.8) is 0 Å². The summed E-state index contributed by atoms with van der Waals surface area (Å²) in [4.78, 5) is 13.0. The monoisotopic (exact) mass is 351 g/mol. The van der Waals surface area contributed by atoms with Gasteiger partial charge < -0.3 is 20.5 Å². The zero-order chi connectivity index (χ0) is 18.4. The van der Waals surface area contributed by atoms with Crippen molar-refractivity contribution >= 4 is 11.6 Å². The Morgan fingerprint density at radius 3 is 2.46 bits per heavy atom. The van der Waals surface area contributed by atoms with E-state index < -0.39 is 0 Å². The van der Waals surface area contributed by atoms with E-state index in [1.54, 1.807) is 7.11 Å². The molecule has 0 saturated heterocycles. The van der Waals surface area contributed by atoms with Crippen LogP contribution in [0.1, 0.15) is 5.56 Å². The van der Waals surface area contributed by atoms with Crippen LogP contribution in [0.25, 0.3) is 11.4 Å². The normalized spacial score (nSPS) is 10.4. The number of aromatic nitrogens is 3. The molecular weight excluding hydrogens is 330 g/mol. The van der Waals surface area contributed by atoms with Crippen molar-refractivity contribution in [2.45, 2.75) is 6.42 Å². The van der Waals surface area contributed by atoms with E-state index in [0.29, 0.717) is 24.0 Å². The minimum atomic E-state index is 0.254. The number of ether oxygens (including phenoxy) is 2. The Hall–Kier alpha value is -3.35. The average molecular weight is 351 g/mol. The van der Waals surface area contributed by atoms with E-state index in [-0.39, 0.29) is 6.01 Å². The second-order valence-corrected chi connectivity index (χ2v) is 5.62. The number of nitrogen functional groups attached to an aromatic ring is 1. The van der Waals surface area contributed by atoms with Crippen LogP contribution in [-0.2, 0) is 6.42 Å². The van der Waals surface area contributed by atoms with Gasteiger partial charge in [-0.25, -0.2) is 0 Å². The topological polar surface area (TPSA) is 95.2 Å². The van der Waals surface area contributed by atoms with Gasteiger partial charge >= 0.3 is 6.01 Å². The van der Waals surface area contributed by atoms with Crippen LogP contribution in [0.4, 0.5) is 11.6 Å². The zero-order valence-electron chi connectivity index (χ0n) is 14.8. The van der Waals surface area contributed by atoms with Crippen molar-refractivity contribution in [2.75, 3.05) is 31.8 Å². The third-order valence-electron chi connectivity index (χ3n) is 3.80. The smallest absolute Gasteiger partial charge is 0.321 e. The molecule has 0 bridgehead atoms. The average Bonchev–Trinajstić information content (AvgIpc) is 2.68. The van der Waals surface area contributed by atoms with E-state index in [0.717, 1.165) is 17.7 Å². The fraction of sp³-hybridized carbons (Fsp3) is 0.211. The van der Waals surface area contributed by atoms with Gasteiger partial charge in [0.2, 0.25) is 5.95 Å². The molecule has 0 unspecified atom stereocenters. The number of anilines is 2. The first-order valence-electron chi connectivity index (χ1n) is 8.20. The number of benzene rings is 2. The van der Waals surface area contributed by atoms with Crippen LogP contribution in [0, 0.1) is 0 Å². The van der Waals surface area contributed by atoms with Crippen LogP contribution in [-0.4, -0.2) is 35.7 Å². The summed E-state index contributed by atoms with van der Waals surface area (Å²) in [6.07, 6.45) is 0.825. The highest BCUT2D eigenvalue weighted by molar-refractivity contribution is 5.61. The fourth-order valence-corrected chi connectivity index (χ4v) is 2.44. The number of methoxy groups -OCH3 is 2. The van der Waals surface area contributed by atoms with Crippen molar-refractivity contribution in [1.82, 2.24) is 15.0 Å². The summed E-state index contributed by atoms with van der Waals surface area (Å²) < 4.78 is 10.4. The Morgan fingerprint density at radius 1 is 0.962 bits per heavy atom. The van der Waals surface area contributed by atoms with Crippen LogP contribution >= 0.6 is 0 Å². The highest BCUT2D eigenvalue weighted by Gasteiger charge is 2.09. The van der Waals surface area contributed by atoms with Gasteiger partial charge in [-0.3, -0.25) is 0 Å². The first kappa shape index (κ1) is 17.5. The van der Waals surface area contributed by atoms with Crippen LogP contribution < -0.4 is 20.5 Å². The van der Waals surface area contributed by atoms with Gasteiger partial charge in [-0.05, 0) is 36.2 Å². The lowest BCUT2D eigenvalue weighted by molar-refractivity contribution is 0.379. The van der Waals surface area contributed by atoms with Gasteiger partial charge in [0.15, 0.2) is 5.82 Å². The van der Waals surface area contributed by atoms with Crippen LogP contribution in [0.5, 0.6) is 11.8 Å². The lowest BCUT2D eigenvalue weighted by Gasteiger charge is -2.09. The van der Waals surface area contributed by atoms with Gasteiger partial charge in [-0.1, -0.05) is 24.3 Å². The van der Waals surface area contributed by atoms with Crippen LogP contribution in [0.3, 0.4) is 0 Å². The molecule has 1 aromatic heterocycles. The Bertz CT molecular complexity index is 868. The van der Waals surface area contributed by atoms with Crippen molar-refractivity contribution in [2.24, 2.45) is 0 Å². The van der Waals surface area contributed by atoms with Crippen molar-refractivity contribution < 1.29 is 9.47 Å². The van der Waals surface area contributed by atoms with E-state index in [2.05, 4.69) is 20.3 Å². The van der Waals surface area contributed by atoms with Crippen molar-refractivity contribution in [3.05, 3.63) is 54.1 Å². The molecule has 3 aromatic rings. The molecule has 3 rings (SSSR count). The summed E-state index contributed by atoms with van der Waals surface area (Å²) in [6, 6.07) is 15.6. The second kappa shape index (κ2) is 8.15. The molecule has 0 atom stereocenters. The molecule has 0 amide bonds. The summed E-state index contributed by atoms with van der Waals surface area (Å²) in [5, 5.41) is 3.22. The second-order valence-electron chi connectivity index (χ2n) is 5.62. The SMILES string of the molecule is COc1ccc(CCNc2nc(OC)nc(-c3cccc(N)c3)n2)cc1. The van der Waals surface area contributed by atoms with Crippen LogP contribution in [0.2, 0.25) is 0 Å². The number of hydrogen-bond donors (Lipinski definition) is 2. The van der Waals surface area contributed by atoms with E-state index >= 15 is 0 Å². The molecule has 0 aliphatic rings. The van der Waals surface area contributed by atoms with E-state index in [1.165, 1.54) is 12.7 Å². The summed E-state index contributed by atoms with van der Waals surface area (Å²) in [5.41, 5.74) is 8.49. The first-order chi connectivity index (χ1) is 12.7. The third kappa shape index (κ3) is 4.38. The van der Waals surface area contributed by atoms with Gasteiger partial charge in [0.25, 0.3) is 0 Å². The molecule has 134 valence electrons. The molecule has 0 spiro atoms. The lowest BCUT2D eigenvalue weighted by Crippen LogP contribution is -2.10. The highest BCUT2D eigenvalue weighted by atomic mass is 16.5. The molecule has 26 heavy (non-hydrogen) atoms.